The fraction of sp³-hybridized carbons (Fsp3) is 0.312. The summed E-state index contributed by atoms with van der Waals surface area (Å²) in [6.45, 7) is 5.43. The Balaban J connectivity index is 1.77. The standard InChI is InChI=1S/C16H20ClFN6O/c1-3-19-14-9-15(23-10(2)22-14)20-6-7-21-16(25)24-11-4-5-13(18)12(17)8-11/h4-5,8-9H,3,6-7H2,1-2H3,(H2,21,24,25)(H2,19,20,22,23). The molecule has 1 aromatic heterocycles. The molecule has 1 heterocycles. The van der Waals surface area contributed by atoms with Gasteiger partial charge in [-0.1, -0.05) is 11.6 Å². The summed E-state index contributed by atoms with van der Waals surface area (Å²) in [5, 5.41) is 11.5. The van der Waals surface area contributed by atoms with Crippen molar-refractivity contribution in [2.45, 2.75) is 13.8 Å². The van der Waals surface area contributed by atoms with Crippen molar-refractivity contribution < 1.29 is 9.18 Å². The van der Waals surface area contributed by atoms with Crippen LogP contribution < -0.4 is 21.3 Å². The summed E-state index contributed by atoms with van der Waals surface area (Å²) in [6, 6.07) is 5.37. The Morgan fingerprint density at radius 1 is 1.16 bits per heavy atom. The number of urea groups is 1. The Morgan fingerprint density at radius 2 is 1.88 bits per heavy atom. The van der Waals surface area contributed by atoms with Crippen LogP contribution in [-0.4, -0.2) is 35.6 Å². The lowest BCUT2D eigenvalue weighted by atomic mass is 10.3. The van der Waals surface area contributed by atoms with Crippen molar-refractivity contribution >= 4 is 35.0 Å². The zero-order valence-corrected chi connectivity index (χ0v) is 14.7. The van der Waals surface area contributed by atoms with Crippen molar-refractivity contribution in [3.05, 3.63) is 40.9 Å². The number of benzene rings is 1. The van der Waals surface area contributed by atoms with Gasteiger partial charge in [-0.3, -0.25) is 0 Å². The minimum Gasteiger partial charge on any atom is -0.370 e. The van der Waals surface area contributed by atoms with E-state index in [1.807, 2.05) is 13.8 Å². The van der Waals surface area contributed by atoms with E-state index in [4.69, 9.17) is 11.6 Å². The quantitative estimate of drug-likeness (QED) is 0.565. The smallest absolute Gasteiger partial charge is 0.319 e. The molecular formula is C16H20ClFN6O. The maximum Gasteiger partial charge on any atom is 0.319 e. The number of nitrogens with zero attached hydrogens (tertiary/aromatic N) is 2. The number of hydrogen-bond acceptors (Lipinski definition) is 5. The predicted octanol–water partition coefficient (Wildman–Crippen LogP) is 3.24. The van der Waals surface area contributed by atoms with Crippen molar-refractivity contribution in [1.82, 2.24) is 15.3 Å². The van der Waals surface area contributed by atoms with Gasteiger partial charge < -0.3 is 21.3 Å². The molecule has 4 N–H and O–H groups in total. The van der Waals surface area contributed by atoms with Gasteiger partial charge in [0.05, 0.1) is 5.02 Å². The van der Waals surface area contributed by atoms with Gasteiger partial charge in [0, 0.05) is 31.4 Å². The molecule has 134 valence electrons. The summed E-state index contributed by atoms with van der Waals surface area (Å²) in [5.74, 6) is 1.54. The SMILES string of the molecule is CCNc1cc(NCCNC(=O)Nc2ccc(F)c(Cl)c2)nc(C)n1. The van der Waals surface area contributed by atoms with Crippen LogP contribution in [0.5, 0.6) is 0 Å². The Kier molecular flexibility index (Phi) is 6.76. The number of amides is 2. The van der Waals surface area contributed by atoms with E-state index in [9.17, 15) is 9.18 Å². The molecule has 7 nitrogen and oxygen atoms in total. The first-order valence-electron chi connectivity index (χ1n) is 7.81. The second-order valence-corrected chi connectivity index (χ2v) is 5.56. The first kappa shape index (κ1) is 18.7. The lowest BCUT2D eigenvalue weighted by Crippen LogP contribution is -2.32. The molecule has 0 saturated carbocycles. The van der Waals surface area contributed by atoms with Gasteiger partial charge in [-0.05, 0) is 32.0 Å². The van der Waals surface area contributed by atoms with Gasteiger partial charge in [0.25, 0.3) is 0 Å². The fourth-order valence-corrected chi connectivity index (χ4v) is 2.23. The second-order valence-electron chi connectivity index (χ2n) is 5.15. The Morgan fingerprint density at radius 3 is 2.56 bits per heavy atom. The molecule has 2 amide bonds. The van der Waals surface area contributed by atoms with Crippen molar-refractivity contribution in [3.63, 3.8) is 0 Å². The van der Waals surface area contributed by atoms with Crippen LogP contribution in [0, 0.1) is 12.7 Å². The van der Waals surface area contributed by atoms with E-state index >= 15 is 0 Å². The first-order valence-corrected chi connectivity index (χ1v) is 8.19. The van der Waals surface area contributed by atoms with Crippen molar-refractivity contribution in [2.75, 3.05) is 35.6 Å². The second kappa shape index (κ2) is 9.03. The molecule has 0 aliphatic rings. The van der Waals surface area contributed by atoms with Gasteiger partial charge >= 0.3 is 6.03 Å². The molecule has 0 fully saturated rings. The zero-order valence-electron chi connectivity index (χ0n) is 14.0. The number of carbonyl (C=O) groups excluding carboxylic acids is 1. The highest BCUT2D eigenvalue weighted by atomic mass is 35.5. The molecule has 2 rings (SSSR count). The number of aromatic nitrogens is 2. The van der Waals surface area contributed by atoms with Gasteiger partial charge in [0.2, 0.25) is 0 Å². The molecule has 25 heavy (non-hydrogen) atoms. The monoisotopic (exact) mass is 366 g/mol. The van der Waals surface area contributed by atoms with E-state index in [0.29, 0.717) is 30.4 Å². The van der Waals surface area contributed by atoms with Crippen LogP contribution in [0.15, 0.2) is 24.3 Å². The van der Waals surface area contributed by atoms with Gasteiger partial charge in [-0.15, -0.1) is 0 Å². The minimum atomic E-state index is -0.533. The summed E-state index contributed by atoms with van der Waals surface area (Å²) in [6.07, 6.45) is 0. The summed E-state index contributed by atoms with van der Waals surface area (Å²) >= 11 is 5.67. The molecule has 0 atom stereocenters. The molecule has 2 aromatic rings. The number of nitrogens with one attached hydrogen (secondary N) is 4. The molecule has 0 aliphatic carbocycles. The fourth-order valence-electron chi connectivity index (χ4n) is 2.05. The highest BCUT2D eigenvalue weighted by Gasteiger charge is 2.05. The highest BCUT2D eigenvalue weighted by molar-refractivity contribution is 6.31. The number of halogens is 2. The number of hydrogen-bond donors (Lipinski definition) is 4. The zero-order chi connectivity index (χ0) is 18.2. The van der Waals surface area contributed by atoms with Crippen molar-refractivity contribution in [3.8, 4) is 0 Å². The maximum absolute atomic E-state index is 13.1. The number of carbonyl (C=O) groups is 1. The topological polar surface area (TPSA) is 91.0 Å². The number of rotatable bonds is 7. The molecule has 0 unspecified atom stereocenters. The van der Waals surface area contributed by atoms with Crippen LogP contribution in [0.25, 0.3) is 0 Å². The Bertz CT molecular complexity index is 743. The molecule has 1 aromatic carbocycles. The number of aryl methyl sites for hydroxylation is 1. The van der Waals surface area contributed by atoms with Gasteiger partial charge in [-0.25, -0.2) is 19.2 Å². The summed E-state index contributed by atoms with van der Waals surface area (Å²) in [4.78, 5) is 20.3. The van der Waals surface area contributed by atoms with Crippen LogP contribution in [-0.2, 0) is 0 Å². The summed E-state index contributed by atoms with van der Waals surface area (Å²) < 4.78 is 13.1. The Hall–Kier alpha value is -2.61. The van der Waals surface area contributed by atoms with Crippen molar-refractivity contribution in [1.29, 1.82) is 0 Å². The third-order valence-corrected chi connectivity index (χ3v) is 3.38. The molecule has 0 aliphatic heterocycles. The molecule has 0 bridgehead atoms. The first-order chi connectivity index (χ1) is 12.0. The summed E-state index contributed by atoms with van der Waals surface area (Å²) in [5.41, 5.74) is 0.415. The normalized spacial score (nSPS) is 10.2. The van der Waals surface area contributed by atoms with Gasteiger partial charge in [0.1, 0.15) is 23.3 Å². The van der Waals surface area contributed by atoms with Gasteiger partial charge in [0.15, 0.2) is 0 Å². The predicted molar refractivity (Wildman–Crippen MR) is 97.9 cm³/mol. The molecule has 9 heteroatoms. The lowest BCUT2D eigenvalue weighted by Gasteiger charge is -2.11. The largest absolute Gasteiger partial charge is 0.370 e. The average molecular weight is 367 g/mol. The average Bonchev–Trinajstić information content (AvgIpc) is 2.55. The lowest BCUT2D eigenvalue weighted by molar-refractivity contribution is 0.252. The third kappa shape index (κ3) is 6.07. The van der Waals surface area contributed by atoms with E-state index in [1.54, 1.807) is 6.07 Å². The van der Waals surface area contributed by atoms with Crippen LogP contribution in [0.2, 0.25) is 5.02 Å². The van der Waals surface area contributed by atoms with Crippen molar-refractivity contribution in [2.24, 2.45) is 0 Å². The Labute approximate surface area is 150 Å². The highest BCUT2D eigenvalue weighted by Crippen LogP contribution is 2.19. The van der Waals surface area contributed by atoms with E-state index < -0.39 is 11.8 Å². The van der Waals surface area contributed by atoms with E-state index in [2.05, 4.69) is 31.2 Å². The van der Waals surface area contributed by atoms with E-state index in [0.717, 1.165) is 12.4 Å². The number of anilines is 3. The van der Waals surface area contributed by atoms with Crippen LogP contribution >= 0.6 is 11.6 Å². The van der Waals surface area contributed by atoms with Crippen LogP contribution in [0.1, 0.15) is 12.7 Å². The minimum absolute atomic E-state index is 0.0462. The van der Waals surface area contributed by atoms with Gasteiger partial charge in [-0.2, -0.15) is 0 Å². The molecule has 0 radical (unpaired) electrons. The maximum atomic E-state index is 13.1. The van der Waals surface area contributed by atoms with E-state index in [1.165, 1.54) is 18.2 Å². The molecule has 0 spiro atoms. The summed E-state index contributed by atoms with van der Waals surface area (Å²) in [7, 11) is 0. The molecular weight excluding hydrogens is 347 g/mol. The van der Waals surface area contributed by atoms with Crippen LogP contribution in [0.4, 0.5) is 26.5 Å². The molecule has 0 saturated heterocycles. The van der Waals surface area contributed by atoms with Crippen LogP contribution in [0.3, 0.4) is 0 Å². The third-order valence-electron chi connectivity index (χ3n) is 3.09. The van der Waals surface area contributed by atoms with E-state index in [-0.39, 0.29) is 5.02 Å².